The van der Waals surface area contributed by atoms with E-state index in [1.807, 2.05) is 6.92 Å². The fraction of sp³-hybridized carbons (Fsp3) is 0.650. The Balaban J connectivity index is 1.47. The van der Waals surface area contributed by atoms with Crippen molar-refractivity contribution in [2.75, 3.05) is 13.2 Å². The lowest BCUT2D eigenvalue weighted by atomic mass is 9.95. The number of fused-ring (bicyclic) bond motifs is 1. The molecule has 172 valence electrons. The van der Waals surface area contributed by atoms with E-state index in [1.165, 1.54) is 13.0 Å². The van der Waals surface area contributed by atoms with Gasteiger partial charge in [-0.1, -0.05) is 11.3 Å². The van der Waals surface area contributed by atoms with Gasteiger partial charge in [0.15, 0.2) is 17.3 Å². The highest BCUT2D eigenvalue weighted by molar-refractivity contribution is 7.19. The Hall–Kier alpha value is -2.14. The number of nitrogens with one attached hydrogen (secondary N) is 1. The number of nitrogens with zero attached hydrogens (tertiary/aromatic N) is 2. The van der Waals surface area contributed by atoms with E-state index in [-0.39, 0.29) is 40.7 Å². The minimum absolute atomic E-state index is 0.0184. The Bertz CT molecular complexity index is 875. The summed E-state index contributed by atoms with van der Waals surface area (Å²) in [5.41, 5.74) is 0.240. The van der Waals surface area contributed by atoms with Crippen LogP contribution in [-0.4, -0.2) is 53.8 Å². The highest BCUT2D eigenvalue weighted by Crippen LogP contribution is 2.32. The second kappa shape index (κ2) is 10.9. The number of aromatic nitrogens is 2. The number of hydrogen-bond acceptors (Lipinski definition) is 7. The molecule has 1 aliphatic carbocycles. The molecule has 2 aromatic rings. The molecule has 2 aromatic heterocycles. The fourth-order valence-electron chi connectivity index (χ4n) is 3.39. The molecule has 1 saturated carbocycles. The van der Waals surface area contributed by atoms with Gasteiger partial charge in [0, 0.05) is 25.6 Å². The quantitative estimate of drug-likeness (QED) is 0.574. The minimum Gasteiger partial charge on any atom is -0.472 e. The maximum Gasteiger partial charge on any atom is 0.276 e. The Kier molecular flexibility index (Phi) is 8.30. The van der Waals surface area contributed by atoms with Crippen LogP contribution in [0, 0.1) is 5.82 Å². The second-order valence-electron chi connectivity index (χ2n) is 7.56. The Morgan fingerprint density at radius 3 is 2.65 bits per heavy atom. The average Bonchev–Trinajstić information content (AvgIpc) is 3.09. The first-order valence-corrected chi connectivity index (χ1v) is 11.0. The molecule has 31 heavy (non-hydrogen) atoms. The lowest BCUT2D eigenvalue weighted by molar-refractivity contribution is -0.119. The normalized spacial score (nSPS) is 20.1. The molecule has 0 spiro atoms. The van der Waals surface area contributed by atoms with Gasteiger partial charge in [-0.15, -0.1) is 0 Å². The highest BCUT2D eigenvalue weighted by atomic mass is 32.1. The molecule has 0 aromatic carbocycles. The first kappa shape index (κ1) is 23.5. The van der Waals surface area contributed by atoms with Crippen LogP contribution in [0.25, 0.3) is 10.3 Å². The van der Waals surface area contributed by atoms with E-state index in [9.17, 15) is 18.0 Å². The third-order valence-corrected chi connectivity index (χ3v) is 5.75. The maximum atomic E-state index is 14.4. The monoisotopic (exact) mass is 461 g/mol. The lowest BCUT2D eigenvalue weighted by Gasteiger charge is -2.29. The molecule has 3 rings (SSSR count). The van der Waals surface area contributed by atoms with Gasteiger partial charge in [0.2, 0.25) is 5.91 Å². The van der Waals surface area contributed by atoms with Crippen LogP contribution in [0.1, 0.15) is 46.0 Å². The number of ether oxygens (including phenoxy) is 3. The van der Waals surface area contributed by atoms with E-state index in [2.05, 4.69) is 15.3 Å². The summed E-state index contributed by atoms with van der Waals surface area (Å²) in [5, 5.41) is 2.84. The molecule has 0 bridgehead atoms. The van der Waals surface area contributed by atoms with Crippen molar-refractivity contribution in [2.45, 2.75) is 70.6 Å². The molecule has 0 unspecified atom stereocenters. The van der Waals surface area contributed by atoms with Crippen molar-refractivity contribution in [2.24, 2.45) is 0 Å². The van der Waals surface area contributed by atoms with Gasteiger partial charge >= 0.3 is 0 Å². The first-order chi connectivity index (χ1) is 14.8. The van der Waals surface area contributed by atoms with Crippen molar-refractivity contribution >= 4 is 27.6 Å². The van der Waals surface area contributed by atoms with E-state index in [0.717, 1.165) is 30.6 Å². The second-order valence-corrected chi connectivity index (χ2v) is 8.50. The van der Waals surface area contributed by atoms with E-state index in [1.54, 1.807) is 0 Å². The summed E-state index contributed by atoms with van der Waals surface area (Å²) < 4.78 is 55.4. The van der Waals surface area contributed by atoms with Crippen molar-refractivity contribution in [3.05, 3.63) is 11.9 Å². The van der Waals surface area contributed by atoms with E-state index in [0.29, 0.717) is 24.3 Å². The predicted octanol–water partition coefficient (Wildman–Crippen LogP) is 4.10. The zero-order chi connectivity index (χ0) is 22.4. The number of thiazole rings is 1. The van der Waals surface area contributed by atoms with Gasteiger partial charge in [0.05, 0.1) is 6.10 Å². The van der Waals surface area contributed by atoms with E-state index in [4.69, 9.17) is 14.2 Å². The van der Waals surface area contributed by atoms with Gasteiger partial charge in [-0.3, -0.25) is 4.79 Å². The molecule has 11 heteroatoms. The van der Waals surface area contributed by atoms with Crippen LogP contribution in [0.15, 0.2) is 6.07 Å². The Morgan fingerprint density at radius 1 is 1.26 bits per heavy atom. The summed E-state index contributed by atoms with van der Waals surface area (Å²) in [5.74, 6) is -0.826. The third-order valence-electron chi connectivity index (χ3n) is 4.87. The molecule has 1 N–H and O–H groups in total. The van der Waals surface area contributed by atoms with E-state index >= 15 is 0 Å². The standard InChI is InChI=1S/C20H26F3N3O4S/c1-11(24-12(2)27)7-8-28-13-3-5-14(6-4-13)30-18-15(21)9-16-19(26-18)31-20(25-16)29-10-17(22)23/h9,11,13-14,17H,3-8,10H2,1-2H3,(H,24,27)/t11-,13?,14?/m0/s1. The molecule has 0 aliphatic heterocycles. The predicted molar refractivity (Wildman–Crippen MR) is 109 cm³/mol. The molecule has 1 atom stereocenters. The number of carbonyl (C=O) groups excluding carboxylic acids is 1. The van der Waals surface area contributed by atoms with Gasteiger partial charge in [-0.2, -0.15) is 4.98 Å². The highest BCUT2D eigenvalue weighted by Gasteiger charge is 2.25. The topological polar surface area (TPSA) is 82.6 Å². The first-order valence-electron chi connectivity index (χ1n) is 10.2. The van der Waals surface area contributed by atoms with Crippen molar-refractivity contribution in [3.63, 3.8) is 0 Å². The number of halogens is 3. The summed E-state index contributed by atoms with van der Waals surface area (Å²) >= 11 is 0.969. The van der Waals surface area contributed by atoms with Crippen LogP contribution in [0.3, 0.4) is 0 Å². The smallest absolute Gasteiger partial charge is 0.276 e. The summed E-state index contributed by atoms with van der Waals surface area (Å²) in [7, 11) is 0. The van der Waals surface area contributed by atoms with Gasteiger partial charge in [-0.05, 0) is 39.0 Å². The molecule has 1 fully saturated rings. The van der Waals surface area contributed by atoms with Crippen molar-refractivity contribution in [1.82, 2.24) is 15.3 Å². The molecular weight excluding hydrogens is 435 g/mol. The number of hydrogen-bond donors (Lipinski definition) is 1. The summed E-state index contributed by atoms with van der Waals surface area (Å²) in [6.45, 7) is 3.21. The summed E-state index contributed by atoms with van der Waals surface area (Å²) in [6.07, 6.45) is 1.04. The van der Waals surface area contributed by atoms with Crippen LogP contribution >= 0.6 is 11.3 Å². The number of carbonyl (C=O) groups is 1. The van der Waals surface area contributed by atoms with Crippen LogP contribution in [0.5, 0.6) is 11.1 Å². The van der Waals surface area contributed by atoms with Gasteiger partial charge in [-0.25, -0.2) is 18.2 Å². The molecule has 1 amide bonds. The van der Waals surface area contributed by atoms with Crippen molar-refractivity contribution in [1.29, 1.82) is 0 Å². The molecular formula is C20H26F3N3O4S. The maximum absolute atomic E-state index is 14.4. The molecule has 1 aliphatic rings. The van der Waals surface area contributed by atoms with Gasteiger partial charge < -0.3 is 19.5 Å². The average molecular weight is 462 g/mol. The van der Waals surface area contributed by atoms with Crippen LogP contribution in [-0.2, 0) is 9.53 Å². The van der Waals surface area contributed by atoms with E-state index < -0.39 is 18.8 Å². The zero-order valence-electron chi connectivity index (χ0n) is 17.4. The van der Waals surface area contributed by atoms with Gasteiger partial charge in [0.1, 0.15) is 11.6 Å². The van der Waals surface area contributed by atoms with Crippen molar-refractivity contribution < 1.29 is 32.2 Å². The summed E-state index contributed by atoms with van der Waals surface area (Å²) in [6, 6.07) is 1.24. The van der Waals surface area contributed by atoms with Crippen molar-refractivity contribution in [3.8, 4) is 11.1 Å². The molecule has 7 nitrogen and oxygen atoms in total. The summed E-state index contributed by atoms with van der Waals surface area (Å²) in [4.78, 5) is 19.5. The molecule has 2 heterocycles. The number of rotatable bonds is 10. The van der Waals surface area contributed by atoms with Gasteiger partial charge in [0.25, 0.3) is 17.5 Å². The Labute approximate surface area is 182 Å². The molecule has 0 radical (unpaired) electrons. The largest absolute Gasteiger partial charge is 0.472 e. The SMILES string of the molecule is CC(=O)N[C@@H](C)CCOC1CCC(Oc2nc3sc(OCC(F)F)nc3cc2F)CC1. The van der Waals surface area contributed by atoms with Crippen LogP contribution in [0.4, 0.5) is 13.2 Å². The zero-order valence-corrected chi connectivity index (χ0v) is 18.2. The number of alkyl halides is 2. The van der Waals surface area contributed by atoms with Crippen LogP contribution in [0.2, 0.25) is 0 Å². The fourth-order valence-corrected chi connectivity index (χ4v) is 4.16. The van der Waals surface area contributed by atoms with Crippen LogP contribution < -0.4 is 14.8 Å². The number of pyridine rings is 1. The Morgan fingerprint density at radius 2 is 1.97 bits per heavy atom. The number of amides is 1. The third kappa shape index (κ3) is 7.20. The minimum atomic E-state index is -2.62. The lowest BCUT2D eigenvalue weighted by Crippen LogP contribution is -2.33. The molecule has 0 saturated heterocycles.